The van der Waals surface area contributed by atoms with Gasteiger partial charge in [0.2, 0.25) is 6.20 Å². The van der Waals surface area contributed by atoms with Crippen molar-refractivity contribution in [1.29, 1.82) is 0 Å². The van der Waals surface area contributed by atoms with Crippen LogP contribution in [-0.4, -0.2) is 20.6 Å². The molecule has 6 nitrogen and oxygen atoms in total. The molecule has 20 heavy (non-hydrogen) atoms. The molecule has 0 saturated carbocycles. The first-order valence-corrected chi connectivity index (χ1v) is 6.01. The van der Waals surface area contributed by atoms with Gasteiger partial charge in [0.05, 0.1) is 5.69 Å². The van der Waals surface area contributed by atoms with Crippen molar-refractivity contribution in [2.45, 2.75) is 0 Å². The SMILES string of the molecule is C[n+]1cc(C(=O)O)c2[nH]c(-c3ccccc3)cc(=O)n21. The molecule has 0 spiro atoms. The van der Waals surface area contributed by atoms with Crippen LogP contribution in [0.2, 0.25) is 0 Å². The summed E-state index contributed by atoms with van der Waals surface area (Å²) in [7, 11) is 1.62. The topological polar surface area (TPSA) is 78.4 Å². The van der Waals surface area contributed by atoms with Gasteiger partial charge in [0, 0.05) is 6.07 Å². The van der Waals surface area contributed by atoms with Gasteiger partial charge in [0.15, 0.2) is 18.3 Å². The van der Waals surface area contributed by atoms with E-state index in [9.17, 15) is 14.7 Å². The third-order valence-electron chi connectivity index (χ3n) is 3.14. The Bertz CT molecular complexity index is 862. The predicted molar refractivity (Wildman–Crippen MR) is 71.6 cm³/mol. The van der Waals surface area contributed by atoms with Crippen LogP contribution in [-0.2, 0) is 7.05 Å². The van der Waals surface area contributed by atoms with Crippen LogP contribution < -0.4 is 10.2 Å². The van der Waals surface area contributed by atoms with Crippen LogP contribution in [0.5, 0.6) is 0 Å². The average molecular weight is 270 g/mol. The van der Waals surface area contributed by atoms with E-state index >= 15 is 0 Å². The fourth-order valence-corrected chi connectivity index (χ4v) is 2.24. The highest BCUT2D eigenvalue weighted by molar-refractivity contribution is 5.93. The van der Waals surface area contributed by atoms with Gasteiger partial charge >= 0.3 is 11.5 Å². The van der Waals surface area contributed by atoms with Crippen molar-refractivity contribution in [2.24, 2.45) is 7.05 Å². The molecule has 0 atom stereocenters. The number of carbonyl (C=O) groups is 1. The molecular weight excluding hydrogens is 258 g/mol. The lowest BCUT2D eigenvalue weighted by Gasteiger charge is -2.01. The van der Waals surface area contributed by atoms with Crippen LogP contribution in [0.1, 0.15) is 10.4 Å². The summed E-state index contributed by atoms with van der Waals surface area (Å²) in [6, 6.07) is 10.7. The quantitative estimate of drug-likeness (QED) is 0.677. The van der Waals surface area contributed by atoms with Crippen LogP contribution in [0.4, 0.5) is 0 Å². The molecule has 2 aromatic heterocycles. The van der Waals surface area contributed by atoms with E-state index in [-0.39, 0.29) is 16.8 Å². The number of hydrogen-bond donors (Lipinski definition) is 2. The standard InChI is InChI=1S/C14H11N3O3/c1-16-8-10(14(19)20)13-15-11(7-12(18)17(13)16)9-5-3-2-4-6-9/h2-8H,1H3,(H,19,20)/p+1. The minimum atomic E-state index is -1.08. The second kappa shape index (κ2) is 4.34. The largest absolute Gasteiger partial charge is 0.477 e. The van der Waals surface area contributed by atoms with Gasteiger partial charge in [-0.3, -0.25) is 4.79 Å². The van der Waals surface area contributed by atoms with Crippen LogP contribution in [0.3, 0.4) is 0 Å². The highest BCUT2D eigenvalue weighted by atomic mass is 16.4. The summed E-state index contributed by atoms with van der Waals surface area (Å²) in [5, 5.41) is 9.20. The molecule has 3 rings (SSSR count). The van der Waals surface area contributed by atoms with Crippen molar-refractivity contribution in [3.8, 4) is 11.3 Å². The number of nitrogens with one attached hydrogen (secondary N) is 1. The van der Waals surface area contributed by atoms with Gasteiger partial charge in [-0.05, 0) is 5.56 Å². The Labute approximate surface area is 113 Å². The van der Waals surface area contributed by atoms with E-state index in [0.717, 1.165) is 5.56 Å². The van der Waals surface area contributed by atoms with Crippen LogP contribution in [0, 0.1) is 0 Å². The van der Waals surface area contributed by atoms with E-state index in [1.807, 2.05) is 30.3 Å². The molecule has 0 saturated heterocycles. The minimum absolute atomic E-state index is 0.0578. The lowest BCUT2D eigenvalue weighted by Crippen LogP contribution is -2.40. The predicted octanol–water partition coefficient (Wildman–Crippen LogP) is 0.817. The Hall–Kier alpha value is -2.89. The molecule has 100 valence electrons. The van der Waals surface area contributed by atoms with E-state index in [0.29, 0.717) is 5.69 Å². The van der Waals surface area contributed by atoms with Crippen molar-refractivity contribution >= 4 is 11.6 Å². The maximum atomic E-state index is 12.2. The average Bonchev–Trinajstić information content (AvgIpc) is 2.78. The molecule has 0 aliphatic heterocycles. The maximum Gasteiger partial charge on any atom is 0.345 e. The first kappa shape index (κ1) is 12.2. The summed E-state index contributed by atoms with van der Waals surface area (Å²) in [6.45, 7) is 0. The summed E-state index contributed by atoms with van der Waals surface area (Å²) in [4.78, 5) is 26.4. The number of fused-ring (bicyclic) bond motifs is 1. The van der Waals surface area contributed by atoms with Crippen molar-refractivity contribution in [2.75, 3.05) is 0 Å². The van der Waals surface area contributed by atoms with E-state index in [2.05, 4.69) is 4.98 Å². The number of carboxylic acids is 1. The number of aromatic carboxylic acids is 1. The van der Waals surface area contributed by atoms with Gasteiger partial charge < -0.3 is 10.1 Å². The highest BCUT2D eigenvalue weighted by Crippen LogP contribution is 2.16. The third kappa shape index (κ3) is 1.78. The summed E-state index contributed by atoms with van der Waals surface area (Å²) >= 11 is 0. The summed E-state index contributed by atoms with van der Waals surface area (Å²) in [5.74, 6) is -1.08. The van der Waals surface area contributed by atoms with Gasteiger partial charge in [-0.1, -0.05) is 34.8 Å². The van der Waals surface area contributed by atoms with Gasteiger partial charge in [-0.2, -0.15) is 0 Å². The number of benzene rings is 1. The Morgan fingerprint density at radius 2 is 2.00 bits per heavy atom. The number of H-pyrrole nitrogens is 1. The van der Waals surface area contributed by atoms with Gasteiger partial charge in [0.25, 0.3) is 0 Å². The normalized spacial score (nSPS) is 10.8. The molecule has 3 aromatic rings. The highest BCUT2D eigenvalue weighted by Gasteiger charge is 2.22. The van der Waals surface area contributed by atoms with E-state index in [1.165, 1.54) is 21.5 Å². The molecule has 0 unspecified atom stereocenters. The Kier molecular flexibility index (Phi) is 2.64. The number of aryl methyl sites for hydroxylation is 1. The second-order valence-electron chi connectivity index (χ2n) is 4.47. The second-order valence-corrected chi connectivity index (χ2v) is 4.47. The molecule has 0 bridgehead atoms. The zero-order valence-corrected chi connectivity index (χ0v) is 10.7. The summed E-state index contributed by atoms with van der Waals surface area (Å²) in [5.41, 5.74) is 1.46. The van der Waals surface area contributed by atoms with E-state index in [4.69, 9.17) is 0 Å². The smallest absolute Gasteiger partial charge is 0.345 e. The van der Waals surface area contributed by atoms with Crippen LogP contribution in [0.15, 0.2) is 47.4 Å². The minimum Gasteiger partial charge on any atom is -0.477 e. The van der Waals surface area contributed by atoms with Gasteiger partial charge in [0.1, 0.15) is 0 Å². The first-order chi connectivity index (χ1) is 9.58. The summed E-state index contributed by atoms with van der Waals surface area (Å²) < 4.78 is 2.74. The molecule has 2 N–H and O–H groups in total. The van der Waals surface area contributed by atoms with Crippen LogP contribution in [0.25, 0.3) is 16.9 Å². The Balaban J connectivity index is 2.36. The molecule has 0 aliphatic carbocycles. The monoisotopic (exact) mass is 270 g/mol. The number of aromatic nitrogens is 3. The van der Waals surface area contributed by atoms with E-state index < -0.39 is 5.97 Å². The Morgan fingerprint density at radius 3 is 2.65 bits per heavy atom. The van der Waals surface area contributed by atoms with E-state index in [1.54, 1.807) is 7.05 Å². The first-order valence-electron chi connectivity index (χ1n) is 6.01. The fraction of sp³-hybridized carbons (Fsp3) is 0.0714. The van der Waals surface area contributed by atoms with Crippen molar-refractivity contribution < 1.29 is 14.6 Å². The molecule has 0 aliphatic rings. The maximum absolute atomic E-state index is 12.2. The molecular formula is C14H12N3O3+. The molecule has 0 fully saturated rings. The molecule has 0 radical (unpaired) electrons. The number of hydrogen-bond acceptors (Lipinski definition) is 2. The molecule has 1 aromatic carbocycles. The number of nitrogens with zero attached hydrogens (tertiary/aromatic N) is 2. The lowest BCUT2D eigenvalue weighted by atomic mass is 10.1. The zero-order valence-electron chi connectivity index (χ0n) is 10.7. The molecule has 0 amide bonds. The Morgan fingerprint density at radius 1 is 1.30 bits per heavy atom. The number of aromatic amines is 1. The van der Waals surface area contributed by atoms with Crippen molar-refractivity contribution in [3.05, 3.63) is 58.5 Å². The van der Waals surface area contributed by atoms with Crippen LogP contribution >= 0.6 is 0 Å². The van der Waals surface area contributed by atoms with Gasteiger partial charge in [-0.25, -0.2) is 4.79 Å². The molecule has 2 heterocycles. The third-order valence-corrected chi connectivity index (χ3v) is 3.14. The van der Waals surface area contributed by atoms with Crippen molar-refractivity contribution in [3.63, 3.8) is 0 Å². The lowest BCUT2D eigenvalue weighted by molar-refractivity contribution is -0.739. The zero-order chi connectivity index (χ0) is 14.3. The number of carboxylic acid groups (broad SMARTS) is 1. The van der Waals surface area contributed by atoms with Gasteiger partial charge in [-0.15, -0.1) is 4.68 Å². The molecule has 6 heteroatoms. The fourth-order valence-electron chi connectivity index (χ4n) is 2.24. The summed E-state index contributed by atoms with van der Waals surface area (Å²) in [6.07, 6.45) is 1.41. The van der Waals surface area contributed by atoms with Crippen molar-refractivity contribution in [1.82, 2.24) is 9.50 Å². The number of rotatable bonds is 2.